The van der Waals surface area contributed by atoms with Crippen molar-refractivity contribution < 1.29 is 0 Å². The Kier molecular flexibility index (Phi) is 7.26. The molecule has 0 aliphatic carbocycles. The number of nitrogens with zero attached hydrogens (tertiary/aromatic N) is 4. The molecule has 0 aliphatic rings. The Morgan fingerprint density at radius 3 is 1.73 bits per heavy atom. The second kappa shape index (κ2) is 13.0. The number of hydrogen-bond donors (Lipinski definition) is 0. The SMILES string of the molecule is [C-]#[N+]c1ccc2c(c1)c1cc(-c3c4ccccc4c(-c4ccc5c(c4)nc(-c4ccccc4)c4ccc6cccnc6c45)c4ccccc34)ccc1n2-c1ccccc1. The summed E-state index contributed by atoms with van der Waals surface area (Å²) in [5.74, 6) is 0. The number of para-hydroxylation sites is 1. The molecule has 9 aromatic carbocycles. The van der Waals surface area contributed by atoms with Gasteiger partial charge in [-0.2, -0.15) is 0 Å². The lowest BCUT2D eigenvalue weighted by atomic mass is 9.85. The van der Waals surface area contributed by atoms with Gasteiger partial charge in [-0.25, -0.2) is 9.83 Å². The molecule has 0 amide bonds. The Morgan fingerprint density at radius 1 is 0.441 bits per heavy atom. The van der Waals surface area contributed by atoms with Gasteiger partial charge in [-0.3, -0.25) is 4.98 Å². The van der Waals surface area contributed by atoms with Gasteiger partial charge in [0.1, 0.15) is 0 Å². The standard InChI is InChI=1S/C55H32N4/c1-56-38-25-29-50-47(33-38)46-31-36(24-28-49(46)59(50)39-16-6-3-7-17-39)51-40-18-8-10-20-42(40)52(43-21-11-9-19-41(43)51)37-23-26-44-48(32-37)58-54(34-13-4-2-5-14-34)45-27-22-35-15-12-30-57-55(35)53(44)45/h2-33H. The van der Waals surface area contributed by atoms with Crippen LogP contribution in [0.15, 0.2) is 194 Å². The summed E-state index contributed by atoms with van der Waals surface area (Å²) < 4.78 is 2.31. The zero-order valence-corrected chi connectivity index (χ0v) is 31.8. The van der Waals surface area contributed by atoms with Gasteiger partial charge in [0.2, 0.25) is 0 Å². The number of fused-ring (bicyclic) bond motifs is 10. The van der Waals surface area contributed by atoms with Crippen molar-refractivity contribution in [2.45, 2.75) is 0 Å². The Labute approximate surface area is 339 Å². The summed E-state index contributed by atoms with van der Waals surface area (Å²) >= 11 is 0. The number of hydrogen-bond acceptors (Lipinski definition) is 2. The number of aromatic nitrogens is 3. The predicted molar refractivity (Wildman–Crippen MR) is 246 cm³/mol. The van der Waals surface area contributed by atoms with Crippen LogP contribution in [0.4, 0.5) is 5.69 Å². The molecule has 0 saturated carbocycles. The number of benzene rings is 9. The molecular weight excluding hydrogens is 717 g/mol. The smallest absolute Gasteiger partial charge is 0.188 e. The molecule has 0 radical (unpaired) electrons. The van der Waals surface area contributed by atoms with Crippen molar-refractivity contribution in [1.29, 1.82) is 0 Å². The van der Waals surface area contributed by atoms with E-state index in [-0.39, 0.29) is 0 Å². The summed E-state index contributed by atoms with van der Waals surface area (Å²) in [6.07, 6.45) is 1.88. The van der Waals surface area contributed by atoms with Crippen LogP contribution < -0.4 is 0 Å². The normalized spacial score (nSPS) is 11.7. The average molecular weight is 749 g/mol. The Balaban J connectivity index is 1.13. The van der Waals surface area contributed by atoms with Crippen molar-refractivity contribution in [1.82, 2.24) is 14.5 Å². The highest BCUT2D eigenvalue weighted by Gasteiger charge is 2.21. The topological polar surface area (TPSA) is 35.1 Å². The van der Waals surface area contributed by atoms with Gasteiger partial charge in [-0.15, -0.1) is 0 Å². The van der Waals surface area contributed by atoms with Crippen molar-refractivity contribution in [2.75, 3.05) is 0 Å². The molecule has 3 aromatic heterocycles. The second-order valence-corrected chi connectivity index (χ2v) is 15.2. The molecule has 0 saturated heterocycles. The maximum Gasteiger partial charge on any atom is 0.188 e. The van der Waals surface area contributed by atoms with Gasteiger partial charge in [0, 0.05) is 44.4 Å². The van der Waals surface area contributed by atoms with E-state index in [1.54, 1.807) is 0 Å². The lowest BCUT2D eigenvalue weighted by Gasteiger charge is -2.19. The van der Waals surface area contributed by atoms with E-state index >= 15 is 0 Å². The average Bonchev–Trinajstić information content (AvgIpc) is 3.63. The van der Waals surface area contributed by atoms with Crippen LogP contribution in [-0.2, 0) is 0 Å². The summed E-state index contributed by atoms with van der Waals surface area (Å²) in [6.45, 7) is 7.82. The van der Waals surface area contributed by atoms with E-state index < -0.39 is 0 Å². The highest BCUT2D eigenvalue weighted by Crippen LogP contribution is 2.46. The molecule has 3 heterocycles. The zero-order chi connectivity index (χ0) is 39.0. The third-order valence-corrected chi connectivity index (χ3v) is 12.0. The van der Waals surface area contributed by atoms with E-state index in [1.165, 1.54) is 32.7 Å². The van der Waals surface area contributed by atoms with E-state index in [1.807, 2.05) is 36.5 Å². The first kappa shape index (κ1) is 33.1. The first-order valence-electron chi connectivity index (χ1n) is 19.9. The summed E-state index contributed by atoms with van der Waals surface area (Å²) in [5, 5.41) is 11.3. The van der Waals surface area contributed by atoms with Crippen LogP contribution in [0.1, 0.15) is 0 Å². The quantitative estimate of drug-likeness (QED) is 0.102. The fourth-order valence-electron chi connectivity index (χ4n) is 9.44. The minimum absolute atomic E-state index is 0.633. The monoisotopic (exact) mass is 748 g/mol. The summed E-state index contributed by atoms with van der Waals surface area (Å²) in [4.78, 5) is 14.2. The van der Waals surface area contributed by atoms with Crippen LogP contribution in [0.2, 0.25) is 0 Å². The van der Waals surface area contributed by atoms with Gasteiger partial charge in [0.25, 0.3) is 0 Å². The van der Waals surface area contributed by atoms with Crippen LogP contribution in [0.25, 0.3) is 120 Å². The van der Waals surface area contributed by atoms with Crippen LogP contribution >= 0.6 is 0 Å². The first-order valence-corrected chi connectivity index (χ1v) is 19.9. The fraction of sp³-hybridized carbons (Fsp3) is 0. The van der Waals surface area contributed by atoms with Crippen LogP contribution in [0, 0.1) is 6.57 Å². The molecule has 4 nitrogen and oxygen atoms in total. The highest BCUT2D eigenvalue weighted by atomic mass is 15.0. The van der Waals surface area contributed by atoms with Gasteiger partial charge < -0.3 is 4.57 Å². The number of rotatable bonds is 4. The summed E-state index contributed by atoms with van der Waals surface area (Å²) in [7, 11) is 0. The zero-order valence-electron chi connectivity index (χ0n) is 31.8. The Hall–Kier alpha value is -8.13. The molecular formula is C55H32N4. The molecule has 272 valence electrons. The van der Waals surface area contributed by atoms with Crippen molar-refractivity contribution in [3.8, 4) is 39.2 Å². The Bertz CT molecular complexity index is 3670. The molecule has 12 aromatic rings. The van der Waals surface area contributed by atoms with E-state index in [9.17, 15) is 0 Å². The lowest BCUT2D eigenvalue weighted by Crippen LogP contribution is -1.94. The third-order valence-electron chi connectivity index (χ3n) is 12.0. The van der Waals surface area contributed by atoms with Crippen LogP contribution in [0.3, 0.4) is 0 Å². The number of pyridine rings is 2. The minimum Gasteiger partial charge on any atom is -0.309 e. The molecule has 0 unspecified atom stereocenters. The fourth-order valence-corrected chi connectivity index (χ4v) is 9.44. The van der Waals surface area contributed by atoms with E-state index in [0.29, 0.717) is 5.69 Å². The third kappa shape index (κ3) is 5.02. The minimum atomic E-state index is 0.633. The predicted octanol–water partition coefficient (Wildman–Crippen LogP) is 14.9. The molecule has 0 aliphatic heterocycles. The van der Waals surface area contributed by atoms with Crippen molar-refractivity contribution >= 4 is 81.6 Å². The maximum atomic E-state index is 7.82. The molecule has 0 atom stereocenters. The molecule has 0 bridgehead atoms. The molecule has 0 N–H and O–H groups in total. The highest BCUT2D eigenvalue weighted by molar-refractivity contribution is 6.25. The van der Waals surface area contributed by atoms with E-state index in [4.69, 9.17) is 16.5 Å². The van der Waals surface area contributed by atoms with Crippen LogP contribution in [-0.4, -0.2) is 14.5 Å². The van der Waals surface area contributed by atoms with Gasteiger partial charge in [-0.05, 0) is 97.7 Å². The first-order chi connectivity index (χ1) is 29.2. The van der Waals surface area contributed by atoms with E-state index in [0.717, 1.165) is 82.5 Å². The largest absolute Gasteiger partial charge is 0.309 e. The van der Waals surface area contributed by atoms with Gasteiger partial charge in [0.15, 0.2) is 5.69 Å². The lowest BCUT2D eigenvalue weighted by molar-refractivity contribution is 1.18. The van der Waals surface area contributed by atoms with Crippen molar-refractivity contribution in [3.05, 3.63) is 206 Å². The molecule has 12 rings (SSSR count). The van der Waals surface area contributed by atoms with E-state index in [2.05, 4.69) is 167 Å². The molecule has 4 heteroatoms. The summed E-state index contributed by atoms with van der Waals surface area (Å²) in [6, 6.07) is 66.7. The van der Waals surface area contributed by atoms with Crippen molar-refractivity contribution in [3.63, 3.8) is 0 Å². The Morgan fingerprint density at radius 2 is 1.03 bits per heavy atom. The second-order valence-electron chi connectivity index (χ2n) is 15.2. The molecule has 0 spiro atoms. The van der Waals surface area contributed by atoms with Gasteiger partial charge in [0.05, 0.1) is 34.3 Å². The van der Waals surface area contributed by atoms with Gasteiger partial charge in [-0.1, -0.05) is 140 Å². The molecule has 59 heavy (non-hydrogen) atoms. The molecule has 0 fully saturated rings. The van der Waals surface area contributed by atoms with Crippen molar-refractivity contribution in [2.24, 2.45) is 0 Å². The van der Waals surface area contributed by atoms with Crippen LogP contribution in [0.5, 0.6) is 0 Å². The summed E-state index contributed by atoms with van der Waals surface area (Å²) in [5.41, 5.74) is 12.5. The maximum absolute atomic E-state index is 7.82. The van der Waals surface area contributed by atoms with Gasteiger partial charge >= 0.3 is 0 Å².